The molecule has 2 aromatic carbocycles. The summed E-state index contributed by atoms with van der Waals surface area (Å²) in [5.41, 5.74) is 2.76. The maximum atomic E-state index is 11.7. The van der Waals surface area contributed by atoms with Gasteiger partial charge in [-0.05, 0) is 36.3 Å². The van der Waals surface area contributed by atoms with E-state index in [0.717, 1.165) is 11.1 Å². The highest BCUT2D eigenvalue weighted by Crippen LogP contribution is 2.21. The Labute approximate surface area is 156 Å². The van der Waals surface area contributed by atoms with E-state index < -0.39 is 5.97 Å². The highest BCUT2D eigenvalue weighted by Gasteiger charge is 2.05. The maximum absolute atomic E-state index is 11.7. The summed E-state index contributed by atoms with van der Waals surface area (Å²) in [6.45, 7) is 2.03. The number of hydrogen-bond donors (Lipinski definition) is 1. The van der Waals surface area contributed by atoms with Gasteiger partial charge in [-0.1, -0.05) is 59.1 Å². The highest BCUT2D eigenvalue weighted by molar-refractivity contribution is 6.35. The number of aryl methyl sites for hydroxylation is 1. The van der Waals surface area contributed by atoms with Gasteiger partial charge in [0.1, 0.15) is 0 Å². The Morgan fingerprint density at radius 3 is 2.52 bits per heavy atom. The molecule has 0 spiro atoms. The fourth-order valence-electron chi connectivity index (χ4n) is 1.94. The van der Waals surface area contributed by atoms with Crippen LogP contribution in [0.1, 0.15) is 16.7 Å². The second kappa shape index (κ2) is 9.25. The van der Waals surface area contributed by atoms with Crippen LogP contribution in [0, 0.1) is 6.92 Å². The van der Waals surface area contributed by atoms with Gasteiger partial charge in [0.25, 0.3) is 5.91 Å². The Balaban J connectivity index is 1.76. The molecule has 0 bridgehead atoms. The maximum Gasteiger partial charge on any atom is 0.331 e. The van der Waals surface area contributed by atoms with Gasteiger partial charge in [-0.25, -0.2) is 4.79 Å². The highest BCUT2D eigenvalue weighted by atomic mass is 35.5. The summed E-state index contributed by atoms with van der Waals surface area (Å²) in [7, 11) is 0. The first-order valence-corrected chi connectivity index (χ1v) is 8.32. The zero-order chi connectivity index (χ0) is 18.2. The van der Waals surface area contributed by atoms with Crippen molar-refractivity contribution < 1.29 is 14.3 Å². The van der Waals surface area contributed by atoms with Gasteiger partial charge < -0.3 is 10.1 Å². The Hall–Kier alpha value is -2.30. The Bertz CT molecular complexity index is 786. The molecule has 2 rings (SSSR count). The zero-order valence-electron chi connectivity index (χ0n) is 13.6. The number of rotatable bonds is 6. The Morgan fingerprint density at radius 1 is 1.12 bits per heavy atom. The van der Waals surface area contributed by atoms with Crippen molar-refractivity contribution in [3.05, 3.63) is 75.3 Å². The molecule has 130 valence electrons. The molecule has 0 aromatic heterocycles. The van der Waals surface area contributed by atoms with E-state index >= 15 is 0 Å². The molecule has 0 heterocycles. The molecule has 0 aliphatic heterocycles. The lowest BCUT2D eigenvalue weighted by Crippen LogP contribution is -2.28. The van der Waals surface area contributed by atoms with Crippen LogP contribution in [-0.4, -0.2) is 18.5 Å². The van der Waals surface area contributed by atoms with E-state index in [0.29, 0.717) is 22.2 Å². The molecule has 4 nitrogen and oxygen atoms in total. The standard InChI is InChI=1S/C19H17Cl2NO3/c1-13-2-4-14(5-3-13)11-22-18(23)12-25-19(24)9-7-15-6-8-16(20)10-17(15)21/h2-10H,11-12H2,1H3,(H,22,23). The largest absolute Gasteiger partial charge is 0.452 e. The fraction of sp³-hybridized carbons (Fsp3) is 0.158. The van der Waals surface area contributed by atoms with Crippen molar-refractivity contribution in [3.63, 3.8) is 0 Å². The quantitative estimate of drug-likeness (QED) is 0.606. The molecule has 0 fully saturated rings. The van der Waals surface area contributed by atoms with Crippen molar-refractivity contribution in [2.75, 3.05) is 6.61 Å². The van der Waals surface area contributed by atoms with Gasteiger partial charge in [-0.3, -0.25) is 4.79 Å². The summed E-state index contributed by atoms with van der Waals surface area (Å²) in [5, 5.41) is 3.62. The van der Waals surface area contributed by atoms with Crippen LogP contribution in [0.15, 0.2) is 48.5 Å². The lowest BCUT2D eigenvalue weighted by atomic mass is 10.1. The van der Waals surface area contributed by atoms with Crippen LogP contribution in [0.4, 0.5) is 0 Å². The van der Waals surface area contributed by atoms with Crippen LogP contribution in [-0.2, 0) is 20.9 Å². The average molecular weight is 378 g/mol. The van der Waals surface area contributed by atoms with Gasteiger partial charge in [0, 0.05) is 22.7 Å². The lowest BCUT2D eigenvalue weighted by molar-refractivity contribution is -0.143. The third-order valence-corrected chi connectivity index (χ3v) is 3.88. The van der Waals surface area contributed by atoms with Gasteiger partial charge in [0.2, 0.25) is 0 Å². The number of esters is 1. The number of carbonyl (C=O) groups excluding carboxylic acids is 2. The molecule has 6 heteroatoms. The van der Waals surface area contributed by atoms with Crippen LogP contribution in [0.2, 0.25) is 10.0 Å². The van der Waals surface area contributed by atoms with Crippen molar-refractivity contribution in [3.8, 4) is 0 Å². The van der Waals surface area contributed by atoms with E-state index in [-0.39, 0.29) is 12.5 Å². The van der Waals surface area contributed by atoms with Gasteiger partial charge in [0.15, 0.2) is 6.61 Å². The molecule has 0 aliphatic carbocycles. The number of amides is 1. The normalized spacial score (nSPS) is 10.7. The monoisotopic (exact) mass is 377 g/mol. The van der Waals surface area contributed by atoms with Gasteiger partial charge in [-0.2, -0.15) is 0 Å². The van der Waals surface area contributed by atoms with E-state index in [4.69, 9.17) is 27.9 Å². The molecule has 0 saturated carbocycles. The van der Waals surface area contributed by atoms with E-state index in [9.17, 15) is 9.59 Å². The van der Waals surface area contributed by atoms with Crippen molar-refractivity contribution in [2.24, 2.45) is 0 Å². The minimum atomic E-state index is -0.628. The minimum absolute atomic E-state index is 0.344. The van der Waals surface area contributed by atoms with Crippen LogP contribution >= 0.6 is 23.2 Å². The molecule has 0 radical (unpaired) electrons. The topological polar surface area (TPSA) is 55.4 Å². The molecular formula is C19H17Cl2NO3. The minimum Gasteiger partial charge on any atom is -0.452 e. The fourth-order valence-corrected chi connectivity index (χ4v) is 2.41. The summed E-state index contributed by atoms with van der Waals surface area (Å²) < 4.78 is 4.89. The molecule has 1 N–H and O–H groups in total. The van der Waals surface area contributed by atoms with Gasteiger partial charge in [-0.15, -0.1) is 0 Å². The predicted octanol–water partition coefficient (Wildman–Crippen LogP) is 4.17. The molecular weight excluding hydrogens is 361 g/mol. The van der Waals surface area contributed by atoms with Crippen LogP contribution in [0.5, 0.6) is 0 Å². The van der Waals surface area contributed by atoms with Crippen LogP contribution in [0.3, 0.4) is 0 Å². The molecule has 1 amide bonds. The predicted molar refractivity (Wildman–Crippen MR) is 99.5 cm³/mol. The van der Waals surface area contributed by atoms with Crippen LogP contribution < -0.4 is 5.32 Å². The molecule has 0 unspecified atom stereocenters. The smallest absolute Gasteiger partial charge is 0.331 e. The number of ether oxygens (including phenoxy) is 1. The van der Waals surface area contributed by atoms with Crippen molar-refractivity contribution in [2.45, 2.75) is 13.5 Å². The van der Waals surface area contributed by atoms with E-state index in [1.807, 2.05) is 31.2 Å². The van der Waals surface area contributed by atoms with Crippen molar-refractivity contribution >= 4 is 41.2 Å². The first-order chi connectivity index (χ1) is 11.9. The summed E-state index contributed by atoms with van der Waals surface area (Å²) in [4.78, 5) is 23.4. The van der Waals surface area contributed by atoms with E-state index in [1.54, 1.807) is 18.2 Å². The summed E-state index contributed by atoms with van der Waals surface area (Å²) >= 11 is 11.8. The lowest BCUT2D eigenvalue weighted by Gasteiger charge is -2.06. The van der Waals surface area contributed by atoms with Gasteiger partial charge >= 0.3 is 5.97 Å². The molecule has 2 aromatic rings. The SMILES string of the molecule is Cc1ccc(CNC(=O)COC(=O)C=Cc2ccc(Cl)cc2Cl)cc1. The Morgan fingerprint density at radius 2 is 1.84 bits per heavy atom. The molecule has 0 aliphatic rings. The third kappa shape index (κ3) is 6.61. The van der Waals surface area contributed by atoms with E-state index in [2.05, 4.69) is 5.32 Å². The first kappa shape index (κ1) is 19.0. The average Bonchev–Trinajstić information content (AvgIpc) is 2.58. The van der Waals surface area contributed by atoms with Crippen molar-refractivity contribution in [1.29, 1.82) is 0 Å². The third-order valence-electron chi connectivity index (χ3n) is 3.32. The zero-order valence-corrected chi connectivity index (χ0v) is 15.1. The summed E-state index contributed by atoms with van der Waals surface area (Å²) in [6.07, 6.45) is 2.72. The molecule has 25 heavy (non-hydrogen) atoms. The van der Waals surface area contributed by atoms with Crippen molar-refractivity contribution in [1.82, 2.24) is 5.32 Å². The van der Waals surface area contributed by atoms with Gasteiger partial charge in [0.05, 0.1) is 0 Å². The second-order valence-electron chi connectivity index (χ2n) is 5.37. The molecule has 0 atom stereocenters. The number of hydrogen-bond acceptors (Lipinski definition) is 3. The second-order valence-corrected chi connectivity index (χ2v) is 6.21. The Kier molecular flexibility index (Phi) is 7.04. The van der Waals surface area contributed by atoms with Crippen LogP contribution in [0.25, 0.3) is 6.08 Å². The van der Waals surface area contributed by atoms with E-state index in [1.165, 1.54) is 12.2 Å². The number of carbonyl (C=O) groups is 2. The number of halogens is 2. The first-order valence-electron chi connectivity index (χ1n) is 7.56. The summed E-state index contributed by atoms with van der Waals surface area (Å²) in [5.74, 6) is -0.997. The summed E-state index contributed by atoms with van der Waals surface area (Å²) in [6, 6.07) is 12.7. The molecule has 0 saturated heterocycles. The number of benzene rings is 2. The number of nitrogens with one attached hydrogen (secondary N) is 1.